The van der Waals surface area contributed by atoms with E-state index < -0.39 is 0 Å². The molecule has 4 nitrogen and oxygen atoms in total. The van der Waals surface area contributed by atoms with E-state index in [-0.39, 0.29) is 18.3 Å². The molecule has 2 aromatic carbocycles. The molecule has 26 heavy (non-hydrogen) atoms. The lowest BCUT2D eigenvalue weighted by atomic mass is 10.1. The Morgan fingerprint density at radius 2 is 2.00 bits per heavy atom. The monoisotopic (exact) mass is 414 g/mol. The molecule has 1 atom stereocenters. The molecule has 2 aromatic rings. The Bertz CT molecular complexity index is 770. The Hall–Kier alpha value is -1.46. The van der Waals surface area contributed by atoms with Crippen LogP contribution in [0.3, 0.4) is 0 Å². The second-order valence-corrected chi connectivity index (χ2v) is 7.04. The first-order chi connectivity index (χ1) is 12.1. The first-order valence-electron chi connectivity index (χ1n) is 8.23. The van der Waals surface area contributed by atoms with Crippen molar-refractivity contribution < 1.29 is 9.53 Å². The van der Waals surface area contributed by atoms with Gasteiger partial charge in [0.1, 0.15) is 11.5 Å². The molecule has 1 aliphatic heterocycles. The fourth-order valence-electron chi connectivity index (χ4n) is 3.06. The molecular formula is C19H21Cl3N2O2. The molecular weight excluding hydrogens is 395 g/mol. The molecule has 0 aliphatic carbocycles. The van der Waals surface area contributed by atoms with Crippen molar-refractivity contribution in [1.29, 1.82) is 0 Å². The van der Waals surface area contributed by atoms with Gasteiger partial charge in [-0.25, -0.2) is 0 Å². The summed E-state index contributed by atoms with van der Waals surface area (Å²) in [4.78, 5) is 14.8. The molecule has 0 aromatic heterocycles. The number of rotatable bonds is 5. The Morgan fingerprint density at radius 3 is 2.73 bits per heavy atom. The van der Waals surface area contributed by atoms with Crippen molar-refractivity contribution >= 4 is 41.5 Å². The molecule has 3 rings (SSSR count). The molecule has 1 heterocycles. The Kier molecular flexibility index (Phi) is 7.59. The van der Waals surface area contributed by atoms with E-state index in [9.17, 15) is 4.79 Å². The maximum atomic E-state index is 13.0. The third-order valence-electron chi connectivity index (χ3n) is 4.26. The molecule has 0 spiro atoms. The number of benzene rings is 2. The predicted molar refractivity (Wildman–Crippen MR) is 108 cm³/mol. The second-order valence-electron chi connectivity index (χ2n) is 6.16. The zero-order valence-electron chi connectivity index (χ0n) is 14.4. The van der Waals surface area contributed by atoms with Gasteiger partial charge < -0.3 is 15.0 Å². The number of hydrogen-bond donors (Lipinski definition) is 1. The van der Waals surface area contributed by atoms with Crippen LogP contribution in [-0.2, 0) is 0 Å². The van der Waals surface area contributed by atoms with E-state index in [2.05, 4.69) is 5.32 Å². The number of halogens is 3. The van der Waals surface area contributed by atoms with Gasteiger partial charge in [0.2, 0.25) is 0 Å². The molecule has 1 unspecified atom stereocenters. The zero-order chi connectivity index (χ0) is 17.8. The lowest BCUT2D eigenvalue weighted by Gasteiger charge is -2.19. The smallest absolute Gasteiger partial charge is 0.257 e. The third kappa shape index (κ3) is 5.04. The van der Waals surface area contributed by atoms with Crippen LogP contribution in [0.5, 0.6) is 11.5 Å². The quantitative estimate of drug-likeness (QED) is 0.756. The van der Waals surface area contributed by atoms with Crippen molar-refractivity contribution in [2.75, 3.05) is 26.7 Å². The van der Waals surface area contributed by atoms with Gasteiger partial charge in [0.25, 0.3) is 5.91 Å². The number of carbonyl (C=O) groups excluding carboxylic acids is 1. The van der Waals surface area contributed by atoms with Gasteiger partial charge in [-0.1, -0.05) is 29.3 Å². The molecule has 0 radical (unpaired) electrons. The lowest BCUT2D eigenvalue weighted by molar-refractivity contribution is 0.0784. The van der Waals surface area contributed by atoms with Crippen LogP contribution < -0.4 is 10.1 Å². The van der Waals surface area contributed by atoms with Crippen molar-refractivity contribution in [2.45, 2.75) is 6.42 Å². The van der Waals surface area contributed by atoms with E-state index in [0.29, 0.717) is 33.0 Å². The van der Waals surface area contributed by atoms with Gasteiger partial charge in [-0.3, -0.25) is 4.79 Å². The average molecular weight is 416 g/mol. The summed E-state index contributed by atoms with van der Waals surface area (Å²) in [6, 6.07) is 12.2. The standard InChI is InChI=1S/C19H20Cl2N2O2.ClH/c1-22-11-13-7-8-23(12-13)19(24)17-10-15(21)5-6-18(17)25-16-4-2-3-14(20)9-16;/h2-6,9-10,13,22H,7-8,11-12H2,1H3;1H. The summed E-state index contributed by atoms with van der Waals surface area (Å²) in [5.74, 6) is 1.48. The maximum absolute atomic E-state index is 13.0. The second kappa shape index (κ2) is 9.47. The summed E-state index contributed by atoms with van der Waals surface area (Å²) in [7, 11) is 1.93. The summed E-state index contributed by atoms with van der Waals surface area (Å²) in [5.41, 5.74) is 0.470. The fraction of sp³-hybridized carbons (Fsp3) is 0.316. The third-order valence-corrected chi connectivity index (χ3v) is 4.73. The molecule has 1 N–H and O–H groups in total. The summed E-state index contributed by atoms with van der Waals surface area (Å²) in [6.45, 7) is 2.39. The van der Waals surface area contributed by atoms with Crippen molar-refractivity contribution in [2.24, 2.45) is 5.92 Å². The first-order valence-corrected chi connectivity index (χ1v) is 8.99. The van der Waals surface area contributed by atoms with E-state index >= 15 is 0 Å². The first kappa shape index (κ1) is 20.8. The van der Waals surface area contributed by atoms with Gasteiger partial charge in [0.05, 0.1) is 5.56 Å². The SMILES string of the molecule is CNCC1CCN(C(=O)c2cc(Cl)ccc2Oc2cccc(Cl)c2)C1.Cl. The van der Waals surface area contributed by atoms with Gasteiger partial charge in [-0.05, 0) is 62.3 Å². The van der Waals surface area contributed by atoms with Crippen LogP contribution >= 0.6 is 35.6 Å². The molecule has 1 fully saturated rings. The molecule has 0 saturated carbocycles. The lowest BCUT2D eigenvalue weighted by Crippen LogP contribution is -2.30. The van der Waals surface area contributed by atoms with Crippen LogP contribution in [0.1, 0.15) is 16.8 Å². The summed E-state index contributed by atoms with van der Waals surface area (Å²) in [6.07, 6.45) is 0.998. The van der Waals surface area contributed by atoms with Gasteiger partial charge >= 0.3 is 0 Å². The van der Waals surface area contributed by atoms with Gasteiger partial charge in [-0.15, -0.1) is 12.4 Å². The highest BCUT2D eigenvalue weighted by Crippen LogP contribution is 2.31. The highest BCUT2D eigenvalue weighted by Gasteiger charge is 2.28. The van der Waals surface area contributed by atoms with Crippen molar-refractivity contribution in [3.63, 3.8) is 0 Å². The largest absolute Gasteiger partial charge is 0.456 e. The summed E-state index contributed by atoms with van der Waals surface area (Å²) < 4.78 is 5.90. The highest BCUT2D eigenvalue weighted by molar-refractivity contribution is 6.31. The number of hydrogen-bond acceptors (Lipinski definition) is 3. The van der Waals surface area contributed by atoms with Crippen LogP contribution in [0, 0.1) is 5.92 Å². The van der Waals surface area contributed by atoms with Gasteiger partial charge in [0, 0.05) is 23.1 Å². The van der Waals surface area contributed by atoms with E-state index in [0.717, 1.165) is 26.1 Å². The Balaban J connectivity index is 0.00000243. The minimum absolute atomic E-state index is 0. The number of amides is 1. The number of ether oxygens (including phenoxy) is 1. The highest BCUT2D eigenvalue weighted by atomic mass is 35.5. The predicted octanol–water partition coefficient (Wildman–Crippen LogP) is 4.89. The number of likely N-dealkylation sites (tertiary alicyclic amines) is 1. The molecule has 1 amide bonds. The van der Waals surface area contributed by atoms with Gasteiger partial charge in [0.15, 0.2) is 0 Å². The molecule has 7 heteroatoms. The zero-order valence-corrected chi connectivity index (χ0v) is 16.7. The molecule has 1 aliphatic rings. The Labute approximate surface area is 169 Å². The van der Waals surface area contributed by atoms with E-state index in [1.807, 2.05) is 11.9 Å². The Morgan fingerprint density at radius 1 is 1.23 bits per heavy atom. The van der Waals surface area contributed by atoms with Crippen molar-refractivity contribution in [3.8, 4) is 11.5 Å². The number of nitrogens with one attached hydrogen (secondary N) is 1. The topological polar surface area (TPSA) is 41.6 Å². The summed E-state index contributed by atoms with van der Waals surface area (Å²) >= 11 is 12.1. The van der Waals surface area contributed by atoms with Crippen LogP contribution in [0.4, 0.5) is 0 Å². The average Bonchev–Trinajstić information content (AvgIpc) is 3.05. The van der Waals surface area contributed by atoms with E-state index in [1.165, 1.54) is 0 Å². The van der Waals surface area contributed by atoms with Crippen LogP contribution in [0.25, 0.3) is 0 Å². The van der Waals surface area contributed by atoms with E-state index in [4.69, 9.17) is 27.9 Å². The van der Waals surface area contributed by atoms with Crippen molar-refractivity contribution in [3.05, 3.63) is 58.1 Å². The molecule has 140 valence electrons. The number of carbonyl (C=O) groups is 1. The van der Waals surface area contributed by atoms with Crippen LogP contribution in [0.15, 0.2) is 42.5 Å². The summed E-state index contributed by atoms with van der Waals surface area (Å²) in [5, 5.41) is 4.26. The number of nitrogens with zero attached hydrogens (tertiary/aromatic N) is 1. The maximum Gasteiger partial charge on any atom is 0.257 e. The molecule has 0 bridgehead atoms. The van der Waals surface area contributed by atoms with E-state index in [1.54, 1.807) is 42.5 Å². The minimum atomic E-state index is -0.0573. The minimum Gasteiger partial charge on any atom is -0.456 e. The fourth-order valence-corrected chi connectivity index (χ4v) is 3.41. The van der Waals surface area contributed by atoms with Crippen LogP contribution in [0.2, 0.25) is 10.0 Å². The molecule has 1 saturated heterocycles. The van der Waals surface area contributed by atoms with Crippen molar-refractivity contribution in [1.82, 2.24) is 10.2 Å². The van der Waals surface area contributed by atoms with Gasteiger partial charge in [-0.2, -0.15) is 0 Å². The van der Waals surface area contributed by atoms with Crippen LogP contribution in [-0.4, -0.2) is 37.5 Å². The normalized spacial score (nSPS) is 16.3.